The lowest BCUT2D eigenvalue weighted by Gasteiger charge is -2.31. The first-order valence-corrected chi connectivity index (χ1v) is 13.0. The number of piperidine rings is 1. The first-order chi connectivity index (χ1) is 17.2. The third-order valence-corrected chi connectivity index (χ3v) is 6.96. The average molecular weight is 525 g/mol. The Labute approximate surface area is 213 Å². The number of alkyl halides is 3. The zero-order valence-electron chi connectivity index (χ0n) is 20.7. The molecule has 1 amide bonds. The Morgan fingerprint density at radius 2 is 1.72 bits per heavy atom. The molecule has 7 nitrogen and oxygen atoms in total. The number of carbonyl (C=O) groups excluding carboxylic acids is 2. The number of carbonyl (C=O) groups is 2. The molecule has 0 bridgehead atoms. The molecule has 0 N–H and O–H groups in total. The van der Waals surface area contributed by atoms with Crippen LogP contribution in [0.15, 0.2) is 35.5 Å². The van der Waals surface area contributed by atoms with Crippen LogP contribution in [0.3, 0.4) is 0 Å². The van der Waals surface area contributed by atoms with E-state index in [1.165, 1.54) is 0 Å². The molecule has 0 atom stereocenters. The van der Waals surface area contributed by atoms with Gasteiger partial charge in [0.2, 0.25) is 0 Å². The van der Waals surface area contributed by atoms with E-state index in [0.717, 1.165) is 23.4 Å². The fourth-order valence-corrected chi connectivity index (χ4v) is 4.79. The maximum absolute atomic E-state index is 13.4. The number of amides is 1. The standard InChI is InChI=1S/C25H31F3N4O3S/c1-4-31(5-2)21-15-20(25(26,27)28)29-24(30-21)36-16-17-7-9-18(10-8-17)22(33)32-13-11-19(12-14-32)23(34)35-6-3/h7-10,15,19H,4-6,11-14,16H2,1-3H3. The monoisotopic (exact) mass is 524 g/mol. The molecule has 1 aromatic carbocycles. The Hall–Kier alpha value is -2.82. The van der Waals surface area contributed by atoms with Crippen LogP contribution in [0.1, 0.15) is 55.2 Å². The molecule has 1 aliphatic heterocycles. The van der Waals surface area contributed by atoms with Gasteiger partial charge in [0.25, 0.3) is 5.91 Å². The van der Waals surface area contributed by atoms with Gasteiger partial charge in [0.1, 0.15) is 5.82 Å². The minimum absolute atomic E-state index is 0.0522. The highest BCUT2D eigenvalue weighted by Gasteiger charge is 2.34. The van der Waals surface area contributed by atoms with Crippen molar-refractivity contribution in [3.63, 3.8) is 0 Å². The van der Waals surface area contributed by atoms with Crippen molar-refractivity contribution in [3.05, 3.63) is 47.2 Å². The summed E-state index contributed by atoms with van der Waals surface area (Å²) in [4.78, 5) is 36.3. The Kier molecular flexibility index (Phi) is 9.58. The largest absolute Gasteiger partial charge is 0.466 e. The zero-order valence-corrected chi connectivity index (χ0v) is 21.5. The van der Waals surface area contributed by atoms with Crippen molar-refractivity contribution < 1.29 is 27.5 Å². The van der Waals surface area contributed by atoms with Gasteiger partial charge in [-0.25, -0.2) is 9.97 Å². The van der Waals surface area contributed by atoms with Crippen LogP contribution in [-0.2, 0) is 21.5 Å². The summed E-state index contributed by atoms with van der Waals surface area (Å²) >= 11 is 1.12. The summed E-state index contributed by atoms with van der Waals surface area (Å²) in [5.41, 5.74) is 0.398. The van der Waals surface area contributed by atoms with Gasteiger partial charge in [-0.1, -0.05) is 23.9 Å². The summed E-state index contributed by atoms with van der Waals surface area (Å²) in [6.45, 7) is 7.88. The molecule has 2 heterocycles. The fourth-order valence-electron chi connectivity index (χ4n) is 3.98. The number of thioether (sulfide) groups is 1. The number of rotatable bonds is 9. The van der Waals surface area contributed by atoms with Crippen LogP contribution in [0.5, 0.6) is 0 Å². The van der Waals surface area contributed by atoms with E-state index in [1.54, 1.807) is 41.0 Å². The molecule has 0 unspecified atom stereocenters. The Balaban J connectivity index is 1.63. The lowest BCUT2D eigenvalue weighted by Crippen LogP contribution is -2.40. The Morgan fingerprint density at radius 1 is 1.08 bits per heavy atom. The predicted octanol–water partition coefficient (Wildman–Crippen LogP) is 5.05. The van der Waals surface area contributed by atoms with Gasteiger partial charge in [-0.15, -0.1) is 0 Å². The van der Waals surface area contributed by atoms with Crippen LogP contribution in [0, 0.1) is 5.92 Å². The Morgan fingerprint density at radius 3 is 2.28 bits per heavy atom. The van der Waals surface area contributed by atoms with Gasteiger partial charge < -0.3 is 14.5 Å². The molecule has 0 radical (unpaired) electrons. The first-order valence-electron chi connectivity index (χ1n) is 12.0. The second-order valence-electron chi connectivity index (χ2n) is 8.37. The molecule has 1 aromatic heterocycles. The molecule has 0 aliphatic carbocycles. The molecule has 1 saturated heterocycles. The van der Waals surface area contributed by atoms with Crippen molar-refractivity contribution in [1.82, 2.24) is 14.9 Å². The third kappa shape index (κ3) is 7.11. The van der Waals surface area contributed by atoms with Gasteiger partial charge in [0.15, 0.2) is 10.9 Å². The van der Waals surface area contributed by atoms with Gasteiger partial charge in [-0.3, -0.25) is 9.59 Å². The van der Waals surface area contributed by atoms with Crippen molar-refractivity contribution in [2.45, 2.75) is 50.7 Å². The highest BCUT2D eigenvalue weighted by atomic mass is 32.2. The first kappa shape index (κ1) is 27.8. The number of hydrogen-bond donors (Lipinski definition) is 0. The van der Waals surface area contributed by atoms with E-state index in [1.807, 2.05) is 13.8 Å². The molecule has 11 heteroatoms. The zero-order chi connectivity index (χ0) is 26.3. The van der Waals surface area contributed by atoms with Crippen LogP contribution >= 0.6 is 11.8 Å². The molecule has 1 aliphatic rings. The van der Waals surface area contributed by atoms with Gasteiger partial charge >= 0.3 is 12.1 Å². The van der Waals surface area contributed by atoms with Gasteiger partial charge in [0.05, 0.1) is 12.5 Å². The molecular weight excluding hydrogens is 493 g/mol. The van der Waals surface area contributed by atoms with E-state index in [0.29, 0.717) is 56.9 Å². The number of hydrogen-bond acceptors (Lipinski definition) is 7. The van der Waals surface area contributed by atoms with Gasteiger partial charge in [-0.2, -0.15) is 13.2 Å². The normalized spacial score (nSPS) is 14.6. The van der Waals surface area contributed by atoms with E-state index in [4.69, 9.17) is 4.74 Å². The van der Waals surface area contributed by atoms with E-state index >= 15 is 0 Å². The van der Waals surface area contributed by atoms with E-state index < -0.39 is 11.9 Å². The molecule has 2 aromatic rings. The summed E-state index contributed by atoms with van der Waals surface area (Å²) in [5, 5.41) is 0.0522. The summed E-state index contributed by atoms with van der Waals surface area (Å²) < 4.78 is 45.2. The second kappa shape index (κ2) is 12.4. The number of halogens is 3. The minimum Gasteiger partial charge on any atom is -0.466 e. The Bertz CT molecular complexity index is 1040. The van der Waals surface area contributed by atoms with E-state index in [2.05, 4.69) is 9.97 Å². The molecule has 0 spiro atoms. The lowest BCUT2D eigenvalue weighted by molar-refractivity contribution is -0.149. The summed E-state index contributed by atoms with van der Waals surface area (Å²) in [7, 11) is 0. The van der Waals surface area contributed by atoms with Crippen LogP contribution in [0.25, 0.3) is 0 Å². The minimum atomic E-state index is -4.56. The van der Waals surface area contributed by atoms with Gasteiger partial charge in [0, 0.05) is 43.6 Å². The van der Waals surface area contributed by atoms with Crippen LogP contribution in [0.4, 0.5) is 19.0 Å². The van der Waals surface area contributed by atoms with Crippen molar-refractivity contribution in [3.8, 4) is 0 Å². The highest BCUT2D eigenvalue weighted by molar-refractivity contribution is 7.98. The van der Waals surface area contributed by atoms with E-state index in [9.17, 15) is 22.8 Å². The number of anilines is 1. The summed E-state index contributed by atoms with van der Waals surface area (Å²) in [6.07, 6.45) is -3.41. The molecular formula is C25H31F3N4O3S. The summed E-state index contributed by atoms with van der Waals surface area (Å²) in [5.74, 6) is 0.117. The van der Waals surface area contributed by atoms with Crippen LogP contribution in [-0.4, -0.2) is 59.5 Å². The number of likely N-dealkylation sites (tertiary alicyclic amines) is 1. The number of aromatic nitrogens is 2. The van der Waals surface area contributed by atoms with Crippen LogP contribution in [0.2, 0.25) is 0 Å². The van der Waals surface area contributed by atoms with Gasteiger partial charge in [-0.05, 0) is 51.3 Å². The number of esters is 1. The highest BCUT2D eigenvalue weighted by Crippen LogP contribution is 2.32. The average Bonchev–Trinajstić information content (AvgIpc) is 2.88. The molecule has 3 rings (SSSR count). The quantitative estimate of drug-likeness (QED) is 0.258. The van der Waals surface area contributed by atoms with Crippen molar-refractivity contribution >= 4 is 29.5 Å². The number of benzene rings is 1. The predicted molar refractivity (Wildman–Crippen MR) is 132 cm³/mol. The third-order valence-electron chi connectivity index (χ3n) is 6.04. The lowest BCUT2D eigenvalue weighted by atomic mass is 9.96. The van der Waals surface area contributed by atoms with Crippen molar-refractivity contribution in [2.75, 3.05) is 37.7 Å². The SMILES string of the molecule is CCOC(=O)C1CCN(C(=O)c2ccc(CSc3nc(N(CC)CC)cc(C(F)(F)F)n3)cc2)CC1. The molecule has 1 fully saturated rings. The van der Waals surface area contributed by atoms with E-state index in [-0.39, 0.29) is 28.8 Å². The molecule has 0 saturated carbocycles. The smallest absolute Gasteiger partial charge is 0.433 e. The maximum atomic E-state index is 13.4. The van der Waals surface area contributed by atoms with Crippen molar-refractivity contribution in [1.29, 1.82) is 0 Å². The fraction of sp³-hybridized carbons (Fsp3) is 0.520. The second-order valence-corrected chi connectivity index (χ2v) is 9.31. The van der Waals surface area contributed by atoms with Crippen LogP contribution < -0.4 is 4.90 Å². The molecule has 36 heavy (non-hydrogen) atoms. The maximum Gasteiger partial charge on any atom is 0.433 e. The topological polar surface area (TPSA) is 75.6 Å². The molecule has 196 valence electrons. The number of ether oxygens (including phenoxy) is 1. The van der Waals surface area contributed by atoms with Crippen molar-refractivity contribution in [2.24, 2.45) is 5.92 Å². The number of nitrogens with zero attached hydrogens (tertiary/aromatic N) is 4. The summed E-state index contributed by atoms with van der Waals surface area (Å²) in [6, 6.07) is 7.97.